The van der Waals surface area contributed by atoms with Gasteiger partial charge in [-0.05, 0) is 30.7 Å². The van der Waals surface area contributed by atoms with Gasteiger partial charge in [-0.15, -0.1) is 0 Å². The number of phenols is 1. The van der Waals surface area contributed by atoms with Crippen molar-refractivity contribution < 1.29 is 14.6 Å². The van der Waals surface area contributed by atoms with Crippen LogP contribution < -0.4 is 15.4 Å². The number of carbonyl (C=O) groups is 1. The smallest absolute Gasteiger partial charge is 0.323 e. The summed E-state index contributed by atoms with van der Waals surface area (Å²) < 4.78 is 5.03. The fraction of sp³-hybridized carbons (Fsp3) is 0.143. The van der Waals surface area contributed by atoms with Crippen molar-refractivity contribution in [3.63, 3.8) is 0 Å². The predicted octanol–water partition coefficient (Wildman–Crippen LogP) is 2.75. The summed E-state index contributed by atoms with van der Waals surface area (Å²) in [5, 5.41) is 15.0. The van der Waals surface area contributed by atoms with Crippen LogP contribution in [-0.4, -0.2) is 23.2 Å². The Kier molecular flexibility index (Phi) is 4.05. The number of aromatic hydroxyl groups is 1. The van der Waals surface area contributed by atoms with Crippen LogP contribution in [0.2, 0.25) is 0 Å². The maximum atomic E-state index is 11.8. The highest BCUT2D eigenvalue weighted by molar-refractivity contribution is 5.99. The lowest BCUT2D eigenvalue weighted by Gasteiger charge is -2.11. The summed E-state index contributed by atoms with van der Waals surface area (Å²) in [6.07, 6.45) is 3.17. The molecule has 0 saturated carbocycles. The minimum atomic E-state index is -0.398. The molecule has 0 fully saturated rings. The van der Waals surface area contributed by atoms with Crippen LogP contribution in [0.15, 0.2) is 36.7 Å². The van der Waals surface area contributed by atoms with Crippen LogP contribution >= 0.6 is 0 Å². The number of urea groups is 1. The molecule has 1 heterocycles. The Balaban J connectivity index is 2.10. The average molecular weight is 273 g/mol. The van der Waals surface area contributed by atoms with E-state index >= 15 is 0 Å². The number of phenolic OH excluding ortho intramolecular Hbond substituents is 1. The van der Waals surface area contributed by atoms with Crippen LogP contribution in [0.3, 0.4) is 0 Å². The van der Waals surface area contributed by atoms with Gasteiger partial charge < -0.3 is 20.5 Å². The zero-order chi connectivity index (χ0) is 14.5. The van der Waals surface area contributed by atoms with E-state index < -0.39 is 6.03 Å². The van der Waals surface area contributed by atoms with E-state index in [1.165, 1.54) is 7.11 Å². The largest absolute Gasteiger partial charge is 0.504 e. The van der Waals surface area contributed by atoms with E-state index in [-0.39, 0.29) is 5.75 Å². The van der Waals surface area contributed by atoms with Crippen LogP contribution in [0.5, 0.6) is 11.5 Å². The Labute approximate surface area is 116 Å². The number of aryl methyl sites for hydroxylation is 1. The minimum Gasteiger partial charge on any atom is -0.504 e. The van der Waals surface area contributed by atoms with Gasteiger partial charge in [0.05, 0.1) is 19.0 Å². The summed E-state index contributed by atoms with van der Waals surface area (Å²) in [6.45, 7) is 1.72. The van der Waals surface area contributed by atoms with E-state index in [1.807, 2.05) is 0 Å². The normalized spacial score (nSPS) is 9.90. The van der Waals surface area contributed by atoms with Crippen molar-refractivity contribution in [1.82, 2.24) is 4.98 Å². The Morgan fingerprint density at radius 1 is 1.30 bits per heavy atom. The Hall–Kier alpha value is -2.76. The number of benzene rings is 1. The highest BCUT2D eigenvalue weighted by Gasteiger charge is 2.09. The first-order chi connectivity index (χ1) is 9.60. The summed E-state index contributed by atoms with van der Waals surface area (Å²) in [5.74, 6) is 0.368. The highest BCUT2D eigenvalue weighted by atomic mass is 16.5. The predicted molar refractivity (Wildman–Crippen MR) is 76.3 cm³/mol. The van der Waals surface area contributed by atoms with Gasteiger partial charge in [0.15, 0.2) is 11.5 Å². The van der Waals surface area contributed by atoms with Gasteiger partial charge in [-0.1, -0.05) is 0 Å². The molecule has 20 heavy (non-hydrogen) atoms. The first-order valence-corrected chi connectivity index (χ1v) is 5.96. The number of hydrogen-bond acceptors (Lipinski definition) is 4. The second-order valence-electron chi connectivity index (χ2n) is 4.16. The lowest BCUT2D eigenvalue weighted by atomic mass is 10.2. The standard InChI is InChI=1S/C14H15N3O3/c1-9-6-11(7-12(20-2)13(9)18)17-14(19)16-10-4-3-5-15-8-10/h3-8,18H,1-2H3,(H2,16,17,19). The SMILES string of the molecule is COc1cc(NC(=O)Nc2cccnc2)cc(C)c1O. The summed E-state index contributed by atoms with van der Waals surface area (Å²) in [4.78, 5) is 15.7. The van der Waals surface area contributed by atoms with E-state index in [4.69, 9.17) is 4.74 Å². The molecule has 2 rings (SSSR count). The third-order valence-corrected chi connectivity index (χ3v) is 2.66. The van der Waals surface area contributed by atoms with E-state index in [0.29, 0.717) is 22.7 Å². The Morgan fingerprint density at radius 2 is 2.05 bits per heavy atom. The molecule has 2 aromatic rings. The Bertz CT molecular complexity index is 615. The lowest BCUT2D eigenvalue weighted by molar-refractivity contribution is 0.262. The molecule has 3 N–H and O–H groups in total. The first-order valence-electron chi connectivity index (χ1n) is 5.96. The number of carbonyl (C=O) groups excluding carboxylic acids is 1. The van der Waals surface area contributed by atoms with Gasteiger partial charge in [-0.25, -0.2) is 4.79 Å². The zero-order valence-corrected chi connectivity index (χ0v) is 11.2. The van der Waals surface area contributed by atoms with Crippen molar-refractivity contribution in [3.05, 3.63) is 42.2 Å². The van der Waals surface area contributed by atoms with Crippen molar-refractivity contribution in [1.29, 1.82) is 0 Å². The van der Waals surface area contributed by atoms with E-state index in [1.54, 1.807) is 43.6 Å². The fourth-order valence-electron chi connectivity index (χ4n) is 1.71. The number of pyridine rings is 1. The van der Waals surface area contributed by atoms with Crippen LogP contribution in [0.25, 0.3) is 0 Å². The molecule has 0 radical (unpaired) electrons. The molecule has 6 nitrogen and oxygen atoms in total. The van der Waals surface area contributed by atoms with Gasteiger partial charge in [-0.3, -0.25) is 4.98 Å². The highest BCUT2D eigenvalue weighted by Crippen LogP contribution is 2.32. The van der Waals surface area contributed by atoms with Crippen molar-refractivity contribution in [2.24, 2.45) is 0 Å². The number of aromatic nitrogens is 1. The third kappa shape index (κ3) is 3.17. The number of ether oxygens (including phenoxy) is 1. The maximum absolute atomic E-state index is 11.8. The van der Waals surface area contributed by atoms with Crippen molar-refractivity contribution in [3.8, 4) is 11.5 Å². The van der Waals surface area contributed by atoms with Gasteiger partial charge in [0, 0.05) is 18.0 Å². The summed E-state index contributed by atoms with van der Waals surface area (Å²) in [6, 6.07) is 6.26. The number of anilines is 2. The van der Waals surface area contributed by atoms with Crippen LogP contribution in [0.4, 0.5) is 16.2 Å². The second kappa shape index (κ2) is 5.92. The molecular weight excluding hydrogens is 258 g/mol. The van der Waals surface area contributed by atoms with Crippen molar-refractivity contribution >= 4 is 17.4 Å². The third-order valence-electron chi connectivity index (χ3n) is 2.66. The van der Waals surface area contributed by atoms with E-state index in [0.717, 1.165) is 0 Å². The number of methoxy groups -OCH3 is 1. The topological polar surface area (TPSA) is 83.5 Å². The average Bonchev–Trinajstić information content (AvgIpc) is 2.43. The molecule has 6 heteroatoms. The van der Waals surface area contributed by atoms with Crippen LogP contribution in [0, 0.1) is 6.92 Å². The lowest BCUT2D eigenvalue weighted by Crippen LogP contribution is -2.19. The van der Waals surface area contributed by atoms with Gasteiger partial charge in [0.2, 0.25) is 0 Å². The van der Waals surface area contributed by atoms with Gasteiger partial charge >= 0.3 is 6.03 Å². The van der Waals surface area contributed by atoms with E-state index in [9.17, 15) is 9.90 Å². The number of nitrogens with zero attached hydrogens (tertiary/aromatic N) is 1. The monoisotopic (exact) mass is 273 g/mol. The summed E-state index contributed by atoms with van der Waals surface area (Å²) >= 11 is 0. The number of rotatable bonds is 3. The molecule has 104 valence electrons. The molecule has 0 unspecified atom stereocenters. The molecular formula is C14H15N3O3. The maximum Gasteiger partial charge on any atom is 0.323 e. The molecule has 0 spiro atoms. The second-order valence-corrected chi connectivity index (χ2v) is 4.16. The minimum absolute atomic E-state index is 0.0608. The van der Waals surface area contributed by atoms with Crippen LogP contribution in [-0.2, 0) is 0 Å². The molecule has 0 aliphatic rings. The first kappa shape index (κ1) is 13.7. The molecule has 2 amide bonds. The number of nitrogens with one attached hydrogen (secondary N) is 2. The molecule has 1 aromatic carbocycles. The summed E-state index contributed by atoms with van der Waals surface area (Å²) in [5.41, 5.74) is 1.73. The molecule has 0 aliphatic carbocycles. The molecule has 0 bridgehead atoms. The van der Waals surface area contributed by atoms with Crippen LogP contribution in [0.1, 0.15) is 5.56 Å². The molecule has 0 saturated heterocycles. The Morgan fingerprint density at radius 3 is 2.70 bits per heavy atom. The molecule has 1 aromatic heterocycles. The molecule has 0 aliphatic heterocycles. The fourth-order valence-corrected chi connectivity index (χ4v) is 1.71. The summed E-state index contributed by atoms with van der Waals surface area (Å²) in [7, 11) is 1.45. The van der Waals surface area contributed by atoms with Gasteiger partial charge in [0.25, 0.3) is 0 Å². The molecule has 0 atom stereocenters. The quantitative estimate of drug-likeness (QED) is 0.751. The number of hydrogen-bond donors (Lipinski definition) is 3. The van der Waals surface area contributed by atoms with E-state index in [2.05, 4.69) is 15.6 Å². The van der Waals surface area contributed by atoms with Gasteiger partial charge in [-0.2, -0.15) is 0 Å². The zero-order valence-electron chi connectivity index (χ0n) is 11.2. The van der Waals surface area contributed by atoms with Crippen molar-refractivity contribution in [2.75, 3.05) is 17.7 Å². The van der Waals surface area contributed by atoms with Gasteiger partial charge in [0.1, 0.15) is 0 Å². The van der Waals surface area contributed by atoms with Crippen molar-refractivity contribution in [2.45, 2.75) is 6.92 Å². The number of amides is 2.